The summed E-state index contributed by atoms with van der Waals surface area (Å²) < 4.78 is 0. The van der Waals surface area contributed by atoms with Gasteiger partial charge < -0.3 is 4.98 Å². The maximum atomic E-state index is 3.94. The van der Waals surface area contributed by atoms with Crippen molar-refractivity contribution < 1.29 is 0 Å². The molecule has 0 bridgehead atoms. The first-order valence-electron chi connectivity index (χ1n) is 3.67. The molecule has 1 N–H and O–H groups in total. The Morgan fingerprint density at radius 3 is 2.91 bits per heavy atom. The van der Waals surface area contributed by atoms with Crippen molar-refractivity contribution >= 4 is 10.9 Å². The van der Waals surface area contributed by atoms with Crippen LogP contribution in [0.5, 0.6) is 0 Å². The summed E-state index contributed by atoms with van der Waals surface area (Å²) in [7, 11) is 0. The van der Waals surface area contributed by atoms with Crippen molar-refractivity contribution in [3.8, 4) is 0 Å². The van der Waals surface area contributed by atoms with Crippen LogP contribution in [0.2, 0.25) is 0 Å². The van der Waals surface area contributed by atoms with E-state index in [0.717, 1.165) is 5.56 Å². The van der Waals surface area contributed by atoms with Crippen molar-refractivity contribution in [2.24, 2.45) is 0 Å². The minimum absolute atomic E-state index is 1.09. The van der Waals surface area contributed by atoms with Gasteiger partial charge in [0, 0.05) is 16.6 Å². The van der Waals surface area contributed by atoms with E-state index in [1.165, 1.54) is 16.6 Å². The molecule has 0 unspecified atom stereocenters. The number of hydrogen-bond acceptors (Lipinski definition) is 0. The van der Waals surface area contributed by atoms with Crippen LogP contribution in [-0.2, 0) is 0 Å². The standard InChI is InChI=1S/C10H10N/c1-7-4-3-5-10-9(7)6-8(2)11-10/h3-6,11H,1H2,2H3. The van der Waals surface area contributed by atoms with Crippen molar-refractivity contribution in [3.05, 3.63) is 42.4 Å². The number of H-pyrrole nitrogens is 1. The largest absolute Gasteiger partial charge is 0.359 e. The summed E-state index contributed by atoms with van der Waals surface area (Å²) in [5.74, 6) is 0. The monoisotopic (exact) mass is 144 g/mol. The van der Waals surface area contributed by atoms with Crippen molar-refractivity contribution in [2.75, 3.05) is 0 Å². The molecule has 1 aromatic heterocycles. The molecule has 0 fully saturated rings. The molecule has 55 valence electrons. The molecule has 0 aliphatic heterocycles. The van der Waals surface area contributed by atoms with Crippen LogP contribution >= 0.6 is 0 Å². The molecule has 0 aliphatic rings. The molecular formula is C10H10N. The van der Waals surface area contributed by atoms with Crippen LogP contribution in [-0.4, -0.2) is 4.98 Å². The van der Waals surface area contributed by atoms with Gasteiger partial charge in [-0.15, -0.1) is 0 Å². The van der Waals surface area contributed by atoms with Crippen molar-refractivity contribution in [1.82, 2.24) is 4.98 Å². The highest BCUT2D eigenvalue weighted by Crippen LogP contribution is 2.18. The van der Waals surface area contributed by atoms with Crippen LogP contribution in [0.4, 0.5) is 0 Å². The maximum absolute atomic E-state index is 3.94. The second-order valence-corrected chi connectivity index (χ2v) is 2.83. The summed E-state index contributed by atoms with van der Waals surface area (Å²) in [6, 6.07) is 8.23. The highest BCUT2D eigenvalue weighted by atomic mass is 14.7. The smallest absolute Gasteiger partial charge is 0.0458 e. The zero-order chi connectivity index (χ0) is 7.84. The molecule has 1 heterocycles. The van der Waals surface area contributed by atoms with Gasteiger partial charge in [0.05, 0.1) is 0 Å². The average Bonchev–Trinajstić information content (AvgIpc) is 2.31. The van der Waals surface area contributed by atoms with E-state index < -0.39 is 0 Å². The van der Waals surface area contributed by atoms with Crippen molar-refractivity contribution in [1.29, 1.82) is 0 Å². The summed E-state index contributed by atoms with van der Waals surface area (Å²) in [5.41, 5.74) is 3.46. The van der Waals surface area contributed by atoms with Gasteiger partial charge >= 0.3 is 0 Å². The molecule has 1 heteroatoms. The Hall–Kier alpha value is -1.24. The molecule has 1 nitrogen and oxygen atoms in total. The van der Waals surface area contributed by atoms with Gasteiger partial charge in [0.25, 0.3) is 0 Å². The van der Waals surface area contributed by atoms with E-state index >= 15 is 0 Å². The highest BCUT2D eigenvalue weighted by Gasteiger charge is 1.97. The number of aromatic amines is 1. The second kappa shape index (κ2) is 2.12. The van der Waals surface area contributed by atoms with E-state index in [1.54, 1.807) is 0 Å². The van der Waals surface area contributed by atoms with Gasteiger partial charge in [0.15, 0.2) is 0 Å². The molecule has 1 aromatic carbocycles. The number of nitrogens with one attached hydrogen (secondary N) is 1. The highest BCUT2D eigenvalue weighted by molar-refractivity contribution is 5.84. The van der Waals surface area contributed by atoms with Crippen LogP contribution in [0.15, 0.2) is 24.3 Å². The molecule has 0 spiro atoms. The summed E-state index contributed by atoms with van der Waals surface area (Å²) in [5, 5.41) is 1.23. The minimum atomic E-state index is 1.09. The Balaban J connectivity index is 2.90. The summed E-state index contributed by atoms with van der Waals surface area (Å²) in [4.78, 5) is 3.26. The quantitative estimate of drug-likeness (QED) is 0.585. The Labute approximate surface area is 66.1 Å². The summed E-state index contributed by atoms with van der Waals surface area (Å²) in [6.07, 6.45) is 0. The third-order valence-corrected chi connectivity index (χ3v) is 1.89. The number of benzene rings is 1. The Morgan fingerprint density at radius 2 is 2.18 bits per heavy atom. The topological polar surface area (TPSA) is 15.8 Å². The lowest BCUT2D eigenvalue weighted by molar-refractivity contribution is 1.30. The third kappa shape index (κ3) is 0.929. The fourth-order valence-corrected chi connectivity index (χ4v) is 1.36. The normalized spacial score (nSPS) is 10.7. The molecule has 1 radical (unpaired) electrons. The predicted octanol–water partition coefficient (Wildman–Crippen LogP) is 2.66. The molecule has 11 heavy (non-hydrogen) atoms. The van der Waals surface area contributed by atoms with Crippen LogP contribution in [0.3, 0.4) is 0 Å². The average molecular weight is 144 g/mol. The van der Waals surface area contributed by atoms with E-state index in [1.807, 2.05) is 12.1 Å². The van der Waals surface area contributed by atoms with Gasteiger partial charge in [-0.1, -0.05) is 12.1 Å². The lowest BCUT2D eigenvalue weighted by Gasteiger charge is -1.91. The number of aromatic nitrogens is 1. The molecule has 0 saturated carbocycles. The van der Waals surface area contributed by atoms with E-state index in [9.17, 15) is 0 Å². The molecule has 0 atom stereocenters. The zero-order valence-corrected chi connectivity index (χ0v) is 6.52. The second-order valence-electron chi connectivity index (χ2n) is 2.83. The number of hydrogen-bond donors (Lipinski definition) is 1. The molecule has 2 rings (SSSR count). The zero-order valence-electron chi connectivity index (χ0n) is 6.52. The summed E-state index contributed by atoms with van der Waals surface area (Å²) in [6.45, 7) is 6.00. The fraction of sp³-hybridized carbons (Fsp3) is 0.100. The van der Waals surface area contributed by atoms with Gasteiger partial charge in [0.2, 0.25) is 0 Å². The Bertz CT molecular complexity index is 385. The molecule has 0 aliphatic carbocycles. The van der Waals surface area contributed by atoms with Crippen LogP contribution in [0, 0.1) is 13.8 Å². The lowest BCUT2D eigenvalue weighted by Crippen LogP contribution is -1.71. The maximum Gasteiger partial charge on any atom is 0.0458 e. The molecular weight excluding hydrogens is 134 g/mol. The van der Waals surface area contributed by atoms with Gasteiger partial charge in [-0.2, -0.15) is 0 Å². The summed E-state index contributed by atoms with van der Waals surface area (Å²) >= 11 is 0. The van der Waals surface area contributed by atoms with Crippen molar-refractivity contribution in [2.45, 2.75) is 6.92 Å². The van der Waals surface area contributed by atoms with Crippen LogP contribution < -0.4 is 0 Å². The van der Waals surface area contributed by atoms with E-state index in [4.69, 9.17) is 0 Å². The first kappa shape index (κ1) is 6.47. The first-order valence-corrected chi connectivity index (χ1v) is 3.67. The fourth-order valence-electron chi connectivity index (χ4n) is 1.36. The van der Waals surface area contributed by atoms with Crippen LogP contribution in [0.1, 0.15) is 11.3 Å². The van der Waals surface area contributed by atoms with E-state index in [0.29, 0.717) is 0 Å². The van der Waals surface area contributed by atoms with Gasteiger partial charge in [-0.3, -0.25) is 0 Å². The Kier molecular flexibility index (Phi) is 1.25. The first-order chi connectivity index (χ1) is 5.27. The SMILES string of the molecule is [CH2]c1cccc2[nH]c(C)cc12. The lowest BCUT2D eigenvalue weighted by atomic mass is 10.1. The Morgan fingerprint density at radius 1 is 1.36 bits per heavy atom. The van der Waals surface area contributed by atoms with Gasteiger partial charge in [-0.25, -0.2) is 0 Å². The third-order valence-electron chi connectivity index (χ3n) is 1.89. The number of fused-ring (bicyclic) bond motifs is 1. The van der Waals surface area contributed by atoms with Crippen molar-refractivity contribution in [3.63, 3.8) is 0 Å². The van der Waals surface area contributed by atoms with E-state index in [2.05, 4.69) is 31.0 Å². The number of aryl methyl sites for hydroxylation is 1. The number of rotatable bonds is 0. The molecule has 2 aromatic rings. The van der Waals surface area contributed by atoms with Gasteiger partial charge in [0.1, 0.15) is 0 Å². The predicted molar refractivity (Wildman–Crippen MR) is 47.5 cm³/mol. The van der Waals surface area contributed by atoms with Gasteiger partial charge in [-0.05, 0) is 31.5 Å². The van der Waals surface area contributed by atoms with Crippen LogP contribution in [0.25, 0.3) is 10.9 Å². The minimum Gasteiger partial charge on any atom is -0.359 e. The van der Waals surface area contributed by atoms with E-state index in [-0.39, 0.29) is 0 Å². The molecule has 0 saturated heterocycles. The molecule has 0 amide bonds.